The maximum atomic E-state index is 13.7. The maximum Gasteiger partial charge on any atom is 0.165 e. The monoisotopic (exact) mass is 279 g/mol. The normalized spacial score (nSPS) is 12.9. The third-order valence-corrected chi connectivity index (χ3v) is 3.09. The first-order valence-electron chi connectivity index (χ1n) is 7.02. The second-order valence-corrected chi connectivity index (χ2v) is 6.37. The first kappa shape index (κ1) is 16.7. The summed E-state index contributed by atoms with van der Waals surface area (Å²) < 4.78 is 18.6. The summed E-state index contributed by atoms with van der Waals surface area (Å²) in [4.78, 5) is 0. The van der Waals surface area contributed by atoms with Gasteiger partial charge >= 0.3 is 0 Å². The summed E-state index contributed by atoms with van der Waals surface area (Å²) in [5.74, 6) is 0.365. The number of hydrogen-bond acceptors (Lipinski definition) is 2. The van der Waals surface area contributed by atoms with Crippen molar-refractivity contribution in [1.29, 1.82) is 0 Å². The zero-order chi connectivity index (χ0) is 15.3. The van der Waals surface area contributed by atoms with E-state index >= 15 is 0 Å². The summed E-state index contributed by atoms with van der Waals surface area (Å²) in [6.07, 6.45) is 2.05. The van der Waals surface area contributed by atoms with Crippen molar-refractivity contribution < 1.29 is 9.13 Å². The number of ether oxygens (including phenoxy) is 1. The lowest BCUT2D eigenvalue weighted by atomic mass is 9.98. The molecule has 0 aliphatic rings. The Labute approximate surface area is 122 Å². The van der Waals surface area contributed by atoms with Crippen LogP contribution in [0.1, 0.15) is 40.2 Å². The number of hydrogen-bond donors (Lipinski definition) is 1. The van der Waals surface area contributed by atoms with Crippen LogP contribution in [0.5, 0.6) is 5.75 Å². The summed E-state index contributed by atoms with van der Waals surface area (Å²) in [6, 6.07) is 5.05. The van der Waals surface area contributed by atoms with Gasteiger partial charge in [0.25, 0.3) is 0 Å². The number of benzene rings is 1. The number of methoxy groups -OCH3 is 1. The van der Waals surface area contributed by atoms with E-state index in [-0.39, 0.29) is 17.1 Å². The molecule has 0 fully saturated rings. The standard InChI is InChI=1S/C17H26FNO/c1-12(2)14(11-19-17(3,4)5)9-13-7-8-16(20-6)15(18)10-13/h7-10,12,19H,11H2,1-6H3. The van der Waals surface area contributed by atoms with Crippen molar-refractivity contribution in [3.8, 4) is 5.75 Å². The van der Waals surface area contributed by atoms with E-state index in [1.54, 1.807) is 6.07 Å². The van der Waals surface area contributed by atoms with E-state index in [9.17, 15) is 4.39 Å². The molecule has 3 heteroatoms. The highest BCUT2D eigenvalue weighted by molar-refractivity contribution is 5.55. The second-order valence-electron chi connectivity index (χ2n) is 6.37. The summed E-state index contributed by atoms with van der Waals surface area (Å²) in [5, 5.41) is 3.47. The molecule has 2 nitrogen and oxygen atoms in total. The van der Waals surface area contributed by atoms with Gasteiger partial charge in [0.15, 0.2) is 11.6 Å². The van der Waals surface area contributed by atoms with Gasteiger partial charge in [-0.1, -0.05) is 31.6 Å². The molecule has 1 rings (SSSR count). The fourth-order valence-electron chi connectivity index (χ4n) is 1.78. The number of halogens is 1. The second kappa shape index (κ2) is 6.89. The third-order valence-electron chi connectivity index (χ3n) is 3.09. The van der Waals surface area contributed by atoms with Crippen molar-refractivity contribution in [2.24, 2.45) is 5.92 Å². The van der Waals surface area contributed by atoms with Crippen LogP contribution in [0, 0.1) is 11.7 Å². The van der Waals surface area contributed by atoms with Gasteiger partial charge in [-0.05, 0) is 44.4 Å². The van der Waals surface area contributed by atoms with Crippen LogP contribution in [0.2, 0.25) is 0 Å². The Balaban J connectivity index is 2.93. The predicted molar refractivity (Wildman–Crippen MR) is 83.5 cm³/mol. The first-order chi connectivity index (χ1) is 9.23. The summed E-state index contributed by atoms with van der Waals surface area (Å²) in [7, 11) is 1.47. The molecular weight excluding hydrogens is 253 g/mol. The highest BCUT2D eigenvalue weighted by Gasteiger charge is 2.12. The van der Waals surface area contributed by atoms with Crippen LogP contribution in [-0.4, -0.2) is 19.2 Å². The van der Waals surface area contributed by atoms with Gasteiger partial charge in [-0.3, -0.25) is 0 Å². The molecule has 1 aromatic carbocycles. The average molecular weight is 279 g/mol. The molecule has 0 saturated heterocycles. The van der Waals surface area contributed by atoms with Crippen LogP contribution < -0.4 is 10.1 Å². The van der Waals surface area contributed by atoms with E-state index in [0.29, 0.717) is 5.92 Å². The van der Waals surface area contributed by atoms with Gasteiger partial charge in [-0.25, -0.2) is 4.39 Å². The van der Waals surface area contributed by atoms with Gasteiger partial charge in [0.2, 0.25) is 0 Å². The van der Waals surface area contributed by atoms with Crippen molar-refractivity contribution in [3.63, 3.8) is 0 Å². The maximum absolute atomic E-state index is 13.7. The lowest BCUT2D eigenvalue weighted by Gasteiger charge is -2.23. The lowest BCUT2D eigenvalue weighted by molar-refractivity contribution is 0.386. The van der Waals surface area contributed by atoms with Crippen molar-refractivity contribution in [2.45, 2.75) is 40.2 Å². The van der Waals surface area contributed by atoms with Gasteiger partial charge in [0.1, 0.15) is 0 Å². The third kappa shape index (κ3) is 5.33. The largest absolute Gasteiger partial charge is 0.494 e. The Morgan fingerprint density at radius 3 is 2.45 bits per heavy atom. The Morgan fingerprint density at radius 1 is 1.35 bits per heavy atom. The van der Waals surface area contributed by atoms with E-state index in [1.165, 1.54) is 18.7 Å². The van der Waals surface area contributed by atoms with Gasteiger partial charge < -0.3 is 10.1 Å². The molecule has 1 N–H and O–H groups in total. The number of rotatable bonds is 5. The van der Waals surface area contributed by atoms with Gasteiger partial charge in [0.05, 0.1) is 7.11 Å². The van der Waals surface area contributed by atoms with Gasteiger partial charge in [-0.2, -0.15) is 0 Å². The molecule has 1 aromatic rings. The molecule has 0 unspecified atom stereocenters. The topological polar surface area (TPSA) is 21.3 Å². The van der Waals surface area contributed by atoms with Crippen molar-refractivity contribution in [3.05, 3.63) is 35.2 Å². The highest BCUT2D eigenvalue weighted by Crippen LogP contribution is 2.21. The fraction of sp³-hybridized carbons (Fsp3) is 0.529. The molecule has 20 heavy (non-hydrogen) atoms. The minimum atomic E-state index is -0.326. The number of nitrogens with one attached hydrogen (secondary N) is 1. The molecule has 112 valence electrons. The van der Waals surface area contributed by atoms with Crippen LogP contribution in [0.3, 0.4) is 0 Å². The van der Waals surface area contributed by atoms with E-state index in [1.807, 2.05) is 12.1 Å². The quantitative estimate of drug-likeness (QED) is 0.869. The van der Waals surface area contributed by atoms with E-state index in [4.69, 9.17) is 4.74 Å². The van der Waals surface area contributed by atoms with Gasteiger partial charge in [-0.15, -0.1) is 0 Å². The van der Waals surface area contributed by atoms with Crippen LogP contribution in [0.25, 0.3) is 6.08 Å². The molecule has 0 atom stereocenters. The van der Waals surface area contributed by atoms with Crippen molar-refractivity contribution in [1.82, 2.24) is 5.32 Å². The van der Waals surface area contributed by atoms with Crippen LogP contribution >= 0.6 is 0 Å². The summed E-state index contributed by atoms with van der Waals surface area (Å²) in [6.45, 7) is 11.5. The molecular formula is C17H26FNO. The molecule has 0 aliphatic heterocycles. The SMILES string of the molecule is COc1ccc(C=C(CNC(C)(C)C)C(C)C)cc1F. The van der Waals surface area contributed by atoms with Crippen LogP contribution in [0.4, 0.5) is 4.39 Å². The molecule has 0 radical (unpaired) electrons. The molecule has 0 spiro atoms. The Kier molecular flexibility index (Phi) is 5.75. The van der Waals surface area contributed by atoms with Crippen molar-refractivity contribution >= 4 is 6.08 Å². The fourth-order valence-corrected chi connectivity index (χ4v) is 1.78. The minimum Gasteiger partial charge on any atom is -0.494 e. The minimum absolute atomic E-state index is 0.0686. The molecule has 0 saturated carbocycles. The summed E-state index contributed by atoms with van der Waals surface area (Å²) in [5.41, 5.74) is 2.19. The Hall–Kier alpha value is -1.35. The average Bonchev–Trinajstić information content (AvgIpc) is 2.33. The zero-order valence-corrected chi connectivity index (χ0v) is 13.4. The molecule has 0 aliphatic carbocycles. The predicted octanol–water partition coefficient (Wildman–Crippen LogP) is 4.26. The first-order valence-corrected chi connectivity index (χ1v) is 7.02. The Morgan fingerprint density at radius 2 is 2.00 bits per heavy atom. The van der Waals surface area contributed by atoms with Crippen LogP contribution in [-0.2, 0) is 0 Å². The molecule has 0 heterocycles. The van der Waals surface area contributed by atoms with Crippen LogP contribution in [0.15, 0.2) is 23.8 Å². The van der Waals surface area contributed by atoms with E-state index in [2.05, 4.69) is 39.9 Å². The Bertz CT molecular complexity index is 472. The zero-order valence-electron chi connectivity index (χ0n) is 13.4. The smallest absolute Gasteiger partial charge is 0.165 e. The lowest BCUT2D eigenvalue weighted by Crippen LogP contribution is -2.37. The van der Waals surface area contributed by atoms with Crippen molar-refractivity contribution in [2.75, 3.05) is 13.7 Å². The summed E-state index contributed by atoms with van der Waals surface area (Å²) >= 11 is 0. The van der Waals surface area contributed by atoms with E-state index in [0.717, 1.165) is 12.1 Å². The molecule has 0 aromatic heterocycles. The molecule has 0 bridgehead atoms. The molecule has 0 amide bonds. The highest BCUT2D eigenvalue weighted by atomic mass is 19.1. The van der Waals surface area contributed by atoms with E-state index < -0.39 is 0 Å². The van der Waals surface area contributed by atoms with Gasteiger partial charge in [0, 0.05) is 12.1 Å².